The lowest BCUT2D eigenvalue weighted by molar-refractivity contribution is -0.121. The van der Waals surface area contributed by atoms with E-state index in [0.717, 1.165) is 0 Å². The van der Waals surface area contributed by atoms with Crippen LogP contribution in [0.5, 0.6) is 0 Å². The van der Waals surface area contributed by atoms with Crippen molar-refractivity contribution in [1.82, 2.24) is 26.1 Å². The molecule has 0 spiro atoms. The minimum Gasteiger partial charge on any atom is -0.338 e. The highest BCUT2D eigenvalue weighted by Crippen LogP contribution is 1.95. The van der Waals surface area contributed by atoms with E-state index >= 15 is 0 Å². The molecule has 1 unspecified atom stereocenters. The van der Waals surface area contributed by atoms with E-state index in [-0.39, 0.29) is 6.54 Å². The Hall–Kier alpha value is -1.96. The van der Waals surface area contributed by atoms with Crippen LogP contribution in [-0.2, 0) is 11.3 Å². The molecule has 3 amide bonds. The van der Waals surface area contributed by atoms with Crippen molar-refractivity contribution < 1.29 is 14.1 Å². The Labute approximate surface area is 105 Å². The number of nitrogens with zero attached hydrogens (tertiary/aromatic N) is 2. The third-order valence-corrected chi connectivity index (χ3v) is 2.10. The summed E-state index contributed by atoms with van der Waals surface area (Å²) in [5.74, 6) is 0.508. The molecule has 0 aliphatic rings. The van der Waals surface area contributed by atoms with Gasteiger partial charge in [0.25, 0.3) is 0 Å². The molecular weight excluding hydrogens is 238 g/mol. The van der Waals surface area contributed by atoms with Crippen molar-refractivity contribution in [1.29, 1.82) is 0 Å². The van der Waals surface area contributed by atoms with Crippen LogP contribution in [-0.4, -0.2) is 34.7 Å². The van der Waals surface area contributed by atoms with Gasteiger partial charge in [0.05, 0.1) is 12.6 Å². The van der Waals surface area contributed by atoms with Crippen LogP contribution in [0.4, 0.5) is 4.79 Å². The maximum Gasteiger partial charge on any atom is 0.321 e. The molecule has 0 fully saturated rings. The van der Waals surface area contributed by atoms with Gasteiger partial charge in [-0.05, 0) is 20.8 Å². The SMILES string of the molecule is CCNC(=O)NC(=O)C(C)NCc1nc(C)no1. The van der Waals surface area contributed by atoms with Gasteiger partial charge in [-0.3, -0.25) is 15.4 Å². The molecule has 100 valence electrons. The summed E-state index contributed by atoms with van der Waals surface area (Å²) in [5.41, 5.74) is 0. The Morgan fingerprint density at radius 2 is 2.17 bits per heavy atom. The van der Waals surface area contributed by atoms with Gasteiger partial charge in [0, 0.05) is 6.54 Å². The first-order chi connectivity index (χ1) is 8.52. The molecule has 8 nitrogen and oxygen atoms in total. The number of aromatic nitrogens is 2. The molecule has 0 aliphatic heterocycles. The Balaban J connectivity index is 2.33. The van der Waals surface area contributed by atoms with Crippen molar-refractivity contribution in [2.75, 3.05) is 6.54 Å². The summed E-state index contributed by atoms with van der Waals surface area (Å²) < 4.78 is 4.88. The number of hydrogen-bond donors (Lipinski definition) is 3. The second-order valence-corrected chi connectivity index (χ2v) is 3.69. The minimum absolute atomic E-state index is 0.269. The van der Waals surface area contributed by atoms with E-state index < -0.39 is 18.0 Å². The predicted molar refractivity (Wildman–Crippen MR) is 62.6 cm³/mol. The van der Waals surface area contributed by atoms with Gasteiger partial charge < -0.3 is 9.84 Å². The number of hydrogen-bond acceptors (Lipinski definition) is 6. The molecule has 1 aromatic heterocycles. The zero-order valence-corrected chi connectivity index (χ0v) is 10.6. The van der Waals surface area contributed by atoms with Crippen molar-refractivity contribution in [3.8, 4) is 0 Å². The van der Waals surface area contributed by atoms with Gasteiger partial charge in [0.1, 0.15) is 0 Å². The predicted octanol–water partition coefficient (Wildman–Crippen LogP) is -0.298. The lowest BCUT2D eigenvalue weighted by atomic mass is 10.3. The van der Waals surface area contributed by atoms with Crippen LogP contribution in [0.3, 0.4) is 0 Å². The Morgan fingerprint density at radius 1 is 1.44 bits per heavy atom. The summed E-state index contributed by atoms with van der Waals surface area (Å²) in [4.78, 5) is 26.7. The molecule has 0 bridgehead atoms. The van der Waals surface area contributed by atoms with E-state index in [0.29, 0.717) is 18.3 Å². The molecule has 18 heavy (non-hydrogen) atoms. The van der Waals surface area contributed by atoms with Crippen molar-refractivity contribution in [3.05, 3.63) is 11.7 Å². The van der Waals surface area contributed by atoms with Gasteiger partial charge in [-0.1, -0.05) is 5.16 Å². The lowest BCUT2D eigenvalue weighted by Crippen LogP contribution is -2.47. The molecule has 0 saturated carbocycles. The topological polar surface area (TPSA) is 109 Å². The van der Waals surface area contributed by atoms with E-state index in [1.54, 1.807) is 20.8 Å². The average Bonchev–Trinajstić information content (AvgIpc) is 2.72. The third kappa shape index (κ3) is 4.50. The van der Waals surface area contributed by atoms with E-state index in [2.05, 4.69) is 26.1 Å². The number of aryl methyl sites for hydroxylation is 1. The summed E-state index contributed by atoms with van der Waals surface area (Å²) in [5, 5.41) is 11.2. The van der Waals surface area contributed by atoms with Crippen LogP contribution in [0, 0.1) is 6.92 Å². The molecule has 1 aromatic rings. The Morgan fingerprint density at radius 3 is 2.72 bits per heavy atom. The minimum atomic E-state index is -0.542. The van der Waals surface area contributed by atoms with Gasteiger partial charge in [-0.25, -0.2) is 4.79 Å². The summed E-state index contributed by atoms with van der Waals surface area (Å²) in [6.45, 7) is 5.84. The first-order valence-corrected chi connectivity index (χ1v) is 5.64. The molecule has 8 heteroatoms. The number of imide groups is 1. The van der Waals surface area contributed by atoms with Crippen molar-refractivity contribution in [2.24, 2.45) is 0 Å². The number of rotatable bonds is 5. The largest absolute Gasteiger partial charge is 0.338 e. The summed E-state index contributed by atoms with van der Waals surface area (Å²) in [6, 6.07) is -1.05. The molecule has 0 aliphatic carbocycles. The van der Waals surface area contributed by atoms with Crippen molar-refractivity contribution in [2.45, 2.75) is 33.4 Å². The second-order valence-electron chi connectivity index (χ2n) is 3.69. The zero-order valence-electron chi connectivity index (χ0n) is 10.6. The van der Waals surface area contributed by atoms with E-state index in [9.17, 15) is 9.59 Å². The van der Waals surface area contributed by atoms with Gasteiger partial charge >= 0.3 is 6.03 Å². The van der Waals surface area contributed by atoms with E-state index in [1.165, 1.54) is 0 Å². The second kappa shape index (κ2) is 6.70. The van der Waals surface area contributed by atoms with Crippen LogP contribution in [0.2, 0.25) is 0 Å². The maximum atomic E-state index is 11.6. The highest BCUT2D eigenvalue weighted by molar-refractivity contribution is 5.96. The maximum absolute atomic E-state index is 11.6. The first-order valence-electron chi connectivity index (χ1n) is 5.64. The average molecular weight is 255 g/mol. The fourth-order valence-corrected chi connectivity index (χ4v) is 1.17. The van der Waals surface area contributed by atoms with Crippen LogP contribution >= 0.6 is 0 Å². The Bertz CT molecular complexity index is 417. The number of nitrogens with one attached hydrogen (secondary N) is 3. The Kier molecular flexibility index (Phi) is 5.25. The van der Waals surface area contributed by atoms with E-state index in [4.69, 9.17) is 4.52 Å². The molecule has 1 atom stereocenters. The number of urea groups is 1. The molecule has 0 aromatic carbocycles. The lowest BCUT2D eigenvalue weighted by Gasteiger charge is -2.11. The molecule has 0 saturated heterocycles. The van der Waals surface area contributed by atoms with Crippen LogP contribution in [0.25, 0.3) is 0 Å². The van der Waals surface area contributed by atoms with Gasteiger partial charge in [-0.2, -0.15) is 4.98 Å². The summed E-state index contributed by atoms with van der Waals surface area (Å²) in [7, 11) is 0. The molecular formula is C10H17N5O3. The van der Waals surface area contributed by atoms with Crippen LogP contribution < -0.4 is 16.0 Å². The smallest absolute Gasteiger partial charge is 0.321 e. The van der Waals surface area contributed by atoms with E-state index in [1.807, 2.05) is 0 Å². The summed E-state index contributed by atoms with van der Waals surface area (Å²) >= 11 is 0. The molecule has 1 heterocycles. The van der Waals surface area contributed by atoms with Gasteiger partial charge in [0.2, 0.25) is 11.8 Å². The van der Waals surface area contributed by atoms with Crippen LogP contribution in [0.1, 0.15) is 25.6 Å². The first kappa shape index (κ1) is 14.1. The normalized spacial score (nSPS) is 11.9. The molecule has 3 N–H and O–H groups in total. The van der Waals surface area contributed by atoms with Crippen molar-refractivity contribution in [3.63, 3.8) is 0 Å². The van der Waals surface area contributed by atoms with Gasteiger partial charge in [-0.15, -0.1) is 0 Å². The molecule has 1 rings (SSSR count). The van der Waals surface area contributed by atoms with Gasteiger partial charge in [0.15, 0.2) is 5.82 Å². The number of carbonyl (C=O) groups is 2. The fourth-order valence-electron chi connectivity index (χ4n) is 1.17. The monoisotopic (exact) mass is 255 g/mol. The summed E-state index contributed by atoms with van der Waals surface area (Å²) in [6.07, 6.45) is 0. The highest BCUT2D eigenvalue weighted by atomic mass is 16.5. The zero-order chi connectivity index (χ0) is 13.5. The highest BCUT2D eigenvalue weighted by Gasteiger charge is 2.15. The van der Waals surface area contributed by atoms with Crippen molar-refractivity contribution >= 4 is 11.9 Å². The molecule has 0 radical (unpaired) electrons. The fraction of sp³-hybridized carbons (Fsp3) is 0.600. The number of amides is 3. The quantitative estimate of drug-likeness (QED) is 0.666. The standard InChI is InChI=1S/C10H17N5O3/c1-4-11-10(17)14-9(16)6(2)12-5-8-13-7(3)15-18-8/h6,12H,4-5H2,1-3H3,(H2,11,14,16,17). The number of carbonyl (C=O) groups excluding carboxylic acids is 2. The van der Waals surface area contributed by atoms with Crippen LogP contribution in [0.15, 0.2) is 4.52 Å². The third-order valence-electron chi connectivity index (χ3n) is 2.10.